The number of anilines is 1. The van der Waals surface area contributed by atoms with E-state index in [1.54, 1.807) is 36.7 Å². The van der Waals surface area contributed by atoms with Crippen LogP contribution in [0.4, 0.5) is 14.6 Å². The minimum Gasteiger partial charge on any atom is -0.355 e. The Kier molecular flexibility index (Phi) is 6.44. The number of nitriles is 1. The van der Waals surface area contributed by atoms with Crippen LogP contribution in [-0.2, 0) is 6.54 Å². The number of hydrogen-bond acceptors (Lipinski definition) is 6. The molecule has 7 nitrogen and oxygen atoms in total. The lowest BCUT2D eigenvalue weighted by Crippen LogP contribution is -2.40. The Bertz CT molecular complexity index is 1450. The quantitative estimate of drug-likeness (QED) is 0.437. The number of halogens is 2. The first-order valence-electron chi connectivity index (χ1n) is 11.9. The van der Waals surface area contributed by atoms with Gasteiger partial charge in [0.2, 0.25) is 0 Å². The molecule has 0 amide bonds. The number of nitrogens with two attached hydrogens (primary N) is 1. The molecule has 1 aliphatic heterocycles. The van der Waals surface area contributed by atoms with Gasteiger partial charge in [0.05, 0.1) is 29.2 Å². The van der Waals surface area contributed by atoms with Gasteiger partial charge >= 0.3 is 0 Å². The molecule has 1 fully saturated rings. The Morgan fingerprint density at radius 2 is 1.81 bits per heavy atom. The van der Waals surface area contributed by atoms with E-state index in [0.29, 0.717) is 46.4 Å². The van der Waals surface area contributed by atoms with Crippen molar-refractivity contribution in [3.63, 3.8) is 0 Å². The molecule has 4 aromatic rings. The summed E-state index contributed by atoms with van der Waals surface area (Å²) in [6.07, 6.45) is 5.03. The lowest BCUT2D eigenvalue weighted by atomic mass is 10.0. The molecule has 182 valence electrons. The Balaban J connectivity index is 1.67. The van der Waals surface area contributed by atoms with Crippen LogP contribution < -0.4 is 10.6 Å². The molecule has 5 rings (SSSR count). The summed E-state index contributed by atoms with van der Waals surface area (Å²) in [7, 11) is 0. The second-order valence-electron chi connectivity index (χ2n) is 8.75. The van der Waals surface area contributed by atoms with Crippen LogP contribution in [0.2, 0.25) is 0 Å². The Labute approximate surface area is 207 Å². The topological polar surface area (TPSA) is 96.6 Å². The van der Waals surface area contributed by atoms with E-state index in [9.17, 15) is 14.0 Å². The highest BCUT2D eigenvalue weighted by atomic mass is 19.1. The second kappa shape index (κ2) is 9.84. The van der Waals surface area contributed by atoms with Crippen molar-refractivity contribution in [3.8, 4) is 40.1 Å². The van der Waals surface area contributed by atoms with Crippen LogP contribution in [0.15, 0.2) is 54.9 Å². The molecule has 1 aliphatic rings. The maximum Gasteiger partial charge on any atom is 0.147 e. The van der Waals surface area contributed by atoms with Gasteiger partial charge in [0, 0.05) is 31.2 Å². The van der Waals surface area contributed by atoms with Crippen LogP contribution in [0.3, 0.4) is 0 Å². The van der Waals surface area contributed by atoms with Crippen molar-refractivity contribution in [2.24, 2.45) is 5.73 Å². The number of piperidine rings is 1. The maximum absolute atomic E-state index is 14.6. The molecule has 2 N–H and O–H groups in total. The Hall–Kier alpha value is -4.16. The minimum atomic E-state index is -0.631. The number of aromatic nitrogens is 4. The molecule has 0 atom stereocenters. The van der Waals surface area contributed by atoms with Gasteiger partial charge in [0.25, 0.3) is 0 Å². The van der Waals surface area contributed by atoms with Crippen LogP contribution >= 0.6 is 0 Å². The summed E-state index contributed by atoms with van der Waals surface area (Å²) in [5.74, 6) is 0.136. The molecule has 2 aromatic heterocycles. The van der Waals surface area contributed by atoms with Gasteiger partial charge in [-0.3, -0.25) is 0 Å². The molecule has 0 saturated carbocycles. The summed E-state index contributed by atoms with van der Waals surface area (Å²) in [4.78, 5) is 16.3. The summed E-state index contributed by atoms with van der Waals surface area (Å²) in [6.45, 7) is 3.95. The van der Waals surface area contributed by atoms with Crippen LogP contribution in [-0.4, -0.2) is 38.7 Å². The van der Waals surface area contributed by atoms with Crippen molar-refractivity contribution in [3.05, 3.63) is 72.1 Å². The molecule has 0 spiro atoms. The van der Waals surface area contributed by atoms with E-state index in [1.807, 2.05) is 17.6 Å². The Morgan fingerprint density at radius 3 is 2.50 bits per heavy atom. The molecular weight excluding hydrogens is 460 g/mol. The van der Waals surface area contributed by atoms with Gasteiger partial charge < -0.3 is 15.2 Å². The van der Waals surface area contributed by atoms with Gasteiger partial charge in [-0.2, -0.15) is 5.26 Å². The zero-order chi connectivity index (χ0) is 25.2. The molecule has 0 unspecified atom stereocenters. The van der Waals surface area contributed by atoms with Crippen molar-refractivity contribution in [2.75, 3.05) is 18.0 Å². The van der Waals surface area contributed by atoms with Crippen LogP contribution in [0, 0.1) is 23.0 Å². The first-order chi connectivity index (χ1) is 17.5. The van der Waals surface area contributed by atoms with Gasteiger partial charge in [0.15, 0.2) is 0 Å². The molecular formula is C27H25F2N7. The molecule has 0 radical (unpaired) electrons. The highest BCUT2D eigenvalue weighted by Gasteiger charge is 2.23. The largest absolute Gasteiger partial charge is 0.355 e. The fourth-order valence-corrected chi connectivity index (χ4v) is 4.54. The monoisotopic (exact) mass is 485 g/mol. The van der Waals surface area contributed by atoms with Gasteiger partial charge in [0.1, 0.15) is 40.7 Å². The third kappa shape index (κ3) is 4.32. The summed E-state index contributed by atoms with van der Waals surface area (Å²) in [5, 5.41) is 9.17. The fourth-order valence-electron chi connectivity index (χ4n) is 4.54. The van der Waals surface area contributed by atoms with E-state index >= 15 is 0 Å². The lowest BCUT2D eigenvalue weighted by Gasteiger charge is -2.31. The van der Waals surface area contributed by atoms with Gasteiger partial charge in [-0.05, 0) is 44.0 Å². The highest BCUT2D eigenvalue weighted by Crippen LogP contribution is 2.34. The van der Waals surface area contributed by atoms with E-state index in [4.69, 9.17) is 15.7 Å². The number of nitrogens with zero attached hydrogens (tertiary/aromatic N) is 6. The highest BCUT2D eigenvalue weighted by molar-refractivity contribution is 5.79. The minimum absolute atomic E-state index is 0.0464. The van der Waals surface area contributed by atoms with E-state index in [2.05, 4.69) is 9.88 Å². The molecule has 0 aliphatic carbocycles. The molecule has 2 aromatic carbocycles. The third-order valence-corrected chi connectivity index (χ3v) is 6.52. The molecule has 9 heteroatoms. The standard InChI is InChI=1S/C27H25F2N7/c1-2-36-23(15-33-27(36)20-5-3-4-6-21(20)28)26-25(17-7-8-18(14-30)22(29)13-17)34-24(16-32-26)35-11-9-19(31)10-12-35/h3-8,13,15-16,19H,2,9-12,31H2,1H3. The average Bonchev–Trinajstić information content (AvgIpc) is 3.32. The van der Waals surface area contributed by atoms with E-state index in [0.717, 1.165) is 25.9 Å². The average molecular weight is 486 g/mol. The predicted octanol–water partition coefficient (Wildman–Crippen LogP) is 4.77. The van der Waals surface area contributed by atoms with Crippen LogP contribution in [0.5, 0.6) is 0 Å². The zero-order valence-corrected chi connectivity index (χ0v) is 19.8. The second-order valence-corrected chi connectivity index (χ2v) is 8.75. The van der Waals surface area contributed by atoms with Crippen molar-refractivity contribution >= 4 is 5.82 Å². The maximum atomic E-state index is 14.6. The number of benzene rings is 2. The fraction of sp³-hybridized carbons (Fsp3) is 0.259. The first kappa shape index (κ1) is 23.6. The van der Waals surface area contributed by atoms with Crippen LogP contribution in [0.1, 0.15) is 25.3 Å². The first-order valence-corrected chi connectivity index (χ1v) is 11.9. The summed E-state index contributed by atoms with van der Waals surface area (Å²) in [5.41, 5.74) is 8.47. The lowest BCUT2D eigenvalue weighted by molar-refractivity contribution is 0.498. The van der Waals surface area contributed by atoms with Gasteiger partial charge in [-0.25, -0.2) is 23.7 Å². The molecule has 1 saturated heterocycles. The molecule has 36 heavy (non-hydrogen) atoms. The predicted molar refractivity (Wildman–Crippen MR) is 134 cm³/mol. The van der Waals surface area contributed by atoms with Gasteiger partial charge in [-0.15, -0.1) is 0 Å². The molecule has 0 bridgehead atoms. The van der Waals surface area contributed by atoms with E-state index < -0.39 is 5.82 Å². The Morgan fingerprint density at radius 1 is 1.03 bits per heavy atom. The number of hydrogen-bond donors (Lipinski definition) is 1. The number of imidazole rings is 1. The van der Waals surface area contributed by atoms with E-state index in [1.165, 1.54) is 18.2 Å². The van der Waals surface area contributed by atoms with Crippen LogP contribution in [0.25, 0.3) is 34.0 Å². The molecule has 3 heterocycles. The van der Waals surface area contributed by atoms with Crippen molar-refractivity contribution in [1.29, 1.82) is 5.26 Å². The van der Waals surface area contributed by atoms with E-state index in [-0.39, 0.29) is 17.4 Å². The van der Waals surface area contributed by atoms with Crippen molar-refractivity contribution in [1.82, 2.24) is 19.5 Å². The summed E-state index contributed by atoms with van der Waals surface area (Å²) in [6, 6.07) is 12.9. The number of rotatable bonds is 5. The normalized spacial score (nSPS) is 14.1. The summed E-state index contributed by atoms with van der Waals surface area (Å²) < 4.78 is 31.1. The SMILES string of the molecule is CCn1c(-c2ncc(N3CCC(N)CC3)nc2-c2ccc(C#N)c(F)c2)cnc1-c1ccccc1F. The van der Waals surface area contributed by atoms with Crippen molar-refractivity contribution < 1.29 is 8.78 Å². The summed E-state index contributed by atoms with van der Waals surface area (Å²) >= 11 is 0. The zero-order valence-electron chi connectivity index (χ0n) is 19.8. The smallest absolute Gasteiger partial charge is 0.147 e. The third-order valence-electron chi connectivity index (χ3n) is 6.52. The van der Waals surface area contributed by atoms with Gasteiger partial charge in [-0.1, -0.05) is 18.2 Å². The van der Waals surface area contributed by atoms with Crippen molar-refractivity contribution in [2.45, 2.75) is 32.4 Å².